The highest BCUT2D eigenvalue weighted by Gasteiger charge is 2.28. The fourth-order valence-electron chi connectivity index (χ4n) is 3.08. The van der Waals surface area contributed by atoms with Crippen molar-refractivity contribution in [2.24, 2.45) is 5.92 Å². The van der Waals surface area contributed by atoms with E-state index in [1.54, 1.807) is 12.1 Å². The topological polar surface area (TPSA) is 78.5 Å². The summed E-state index contributed by atoms with van der Waals surface area (Å²) in [6, 6.07) is 6.35. The van der Waals surface area contributed by atoms with Gasteiger partial charge in [-0.1, -0.05) is 0 Å². The molecule has 1 aliphatic heterocycles. The van der Waals surface area contributed by atoms with Crippen LogP contribution in [0.25, 0.3) is 0 Å². The van der Waals surface area contributed by atoms with E-state index in [2.05, 4.69) is 10.0 Å². The zero-order valence-electron chi connectivity index (χ0n) is 14.4. The standard InChI is InChI=1S/C17H25N3O3S.ClH/c1-18-12-13-8-10-20(11-9-13)17(21)14-2-6-16(7-3-14)24(22,23)19-15-4-5-15;/h2-3,6-7,13,15,18-19H,4-5,8-12H2,1H3;1H. The Morgan fingerprint density at radius 1 is 1.12 bits per heavy atom. The van der Waals surface area contributed by atoms with Gasteiger partial charge in [-0.25, -0.2) is 13.1 Å². The molecule has 1 saturated carbocycles. The van der Waals surface area contributed by atoms with Crippen molar-refractivity contribution in [3.8, 4) is 0 Å². The van der Waals surface area contributed by atoms with E-state index < -0.39 is 10.0 Å². The van der Waals surface area contributed by atoms with Crippen molar-refractivity contribution >= 4 is 28.3 Å². The van der Waals surface area contributed by atoms with Gasteiger partial charge in [-0.05, 0) is 69.5 Å². The lowest BCUT2D eigenvalue weighted by Crippen LogP contribution is -2.40. The molecule has 2 N–H and O–H groups in total. The van der Waals surface area contributed by atoms with Gasteiger partial charge in [-0.15, -0.1) is 12.4 Å². The lowest BCUT2D eigenvalue weighted by Gasteiger charge is -2.32. The minimum absolute atomic E-state index is 0. The van der Waals surface area contributed by atoms with E-state index in [9.17, 15) is 13.2 Å². The van der Waals surface area contributed by atoms with Crippen molar-refractivity contribution in [3.63, 3.8) is 0 Å². The molecule has 3 rings (SSSR count). The van der Waals surface area contributed by atoms with E-state index in [1.807, 2.05) is 11.9 Å². The van der Waals surface area contributed by atoms with E-state index in [1.165, 1.54) is 12.1 Å². The number of carbonyl (C=O) groups is 1. The maximum Gasteiger partial charge on any atom is 0.253 e. The van der Waals surface area contributed by atoms with Gasteiger partial charge in [0.2, 0.25) is 10.0 Å². The molecule has 0 spiro atoms. The quantitative estimate of drug-likeness (QED) is 0.777. The summed E-state index contributed by atoms with van der Waals surface area (Å²) in [5, 5.41) is 3.19. The molecule has 0 unspecified atom stereocenters. The molecule has 1 aromatic rings. The maximum absolute atomic E-state index is 12.6. The number of hydrogen-bond acceptors (Lipinski definition) is 4. The first kappa shape index (κ1) is 20.2. The van der Waals surface area contributed by atoms with E-state index in [4.69, 9.17) is 0 Å². The maximum atomic E-state index is 12.6. The summed E-state index contributed by atoms with van der Waals surface area (Å²) >= 11 is 0. The van der Waals surface area contributed by atoms with Crippen LogP contribution in [0.5, 0.6) is 0 Å². The van der Waals surface area contributed by atoms with Crippen molar-refractivity contribution in [2.75, 3.05) is 26.7 Å². The van der Waals surface area contributed by atoms with Crippen molar-refractivity contribution in [3.05, 3.63) is 29.8 Å². The molecule has 0 bridgehead atoms. The number of piperidine rings is 1. The summed E-state index contributed by atoms with van der Waals surface area (Å²) in [4.78, 5) is 14.6. The van der Waals surface area contributed by atoms with Crippen molar-refractivity contribution in [2.45, 2.75) is 36.6 Å². The first-order chi connectivity index (χ1) is 11.5. The predicted octanol–water partition coefficient (Wildman–Crippen LogP) is 1.62. The monoisotopic (exact) mass is 387 g/mol. The summed E-state index contributed by atoms with van der Waals surface area (Å²) in [6.45, 7) is 2.51. The van der Waals surface area contributed by atoms with Crippen LogP contribution < -0.4 is 10.0 Å². The van der Waals surface area contributed by atoms with Gasteiger partial charge >= 0.3 is 0 Å². The van der Waals surface area contributed by atoms with E-state index in [0.717, 1.165) is 45.3 Å². The molecule has 6 nitrogen and oxygen atoms in total. The molecule has 2 aliphatic rings. The number of carbonyl (C=O) groups excluding carboxylic acids is 1. The number of halogens is 1. The number of likely N-dealkylation sites (tertiary alicyclic amines) is 1. The highest BCUT2D eigenvalue weighted by molar-refractivity contribution is 7.89. The SMILES string of the molecule is CNCC1CCN(C(=O)c2ccc(S(=O)(=O)NC3CC3)cc2)CC1.Cl. The molecular weight excluding hydrogens is 362 g/mol. The highest BCUT2D eigenvalue weighted by Crippen LogP contribution is 2.23. The van der Waals surface area contributed by atoms with E-state index in [-0.39, 0.29) is 29.3 Å². The summed E-state index contributed by atoms with van der Waals surface area (Å²) in [5.41, 5.74) is 0.549. The number of rotatable bonds is 6. The van der Waals surface area contributed by atoms with Crippen molar-refractivity contribution < 1.29 is 13.2 Å². The third-order valence-corrected chi connectivity index (χ3v) is 6.24. The number of benzene rings is 1. The van der Waals surface area contributed by atoms with Crippen molar-refractivity contribution in [1.82, 2.24) is 14.9 Å². The molecule has 2 fully saturated rings. The number of nitrogens with zero attached hydrogens (tertiary/aromatic N) is 1. The molecule has 1 amide bonds. The largest absolute Gasteiger partial charge is 0.339 e. The van der Waals surface area contributed by atoms with Crippen molar-refractivity contribution in [1.29, 1.82) is 0 Å². The molecule has 0 aromatic heterocycles. The molecule has 1 aliphatic carbocycles. The molecule has 0 atom stereocenters. The zero-order valence-corrected chi connectivity index (χ0v) is 16.0. The van der Waals surface area contributed by atoms with Gasteiger partial charge in [0.25, 0.3) is 5.91 Å². The molecule has 140 valence electrons. The number of amides is 1. The van der Waals surface area contributed by atoms with Crippen LogP contribution in [0.15, 0.2) is 29.2 Å². The Morgan fingerprint density at radius 2 is 1.72 bits per heavy atom. The Hall–Kier alpha value is -1.15. The molecular formula is C17H26ClN3O3S. The smallest absolute Gasteiger partial charge is 0.253 e. The summed E-state index contributed by atoms with van der Waals surface area (Å²) in [6.07, 6.45) is 3.81. The molecule has 25 heavy (non-hydrogen) atoms. The molecule has 0 radical (unpaired) electrons. The van der Waals surface area contributed by atoms with Gasteiger partial charge in [-0.2, -0.15) is 0 Å². The third-order valence-electron chi connectivity index (χ3n) is 4.71. The summed E-state index contributed by atoms with van der Waals surface area (Å²) in [7, 11) is -1.51. The lowest BCUT2D eigenvalue weighted by molar-refractivity contribution is 0.0691. The van der Waals surface area contributed by atoms with Gasteiger partial charge in [-0.3, -0.25) is 4.79 Å². The van der Waals surface area contributed by atoms with Crippen LogP contribution >= 0.6 is 12.4 Å². The van der Waals surface area contributed by atoms with Crippen LogP contribution in [-0.2, 0) is 10.0 Å². The predicted molar refractivity (Wildman–Crippen MR) is 99.6 cm³/mol. The average molecular weight is 388 g/mol. The molecule has 1 saturated heterocycles. The first-order valence-corrected chi connectivity index (χ1v) is 10.0. The Bertz CT molecular complexity index is 682. The number of hydrogen-bond donors (Lipinski definition) is 2. The van der Waals surface area contributed by atoms with Crippen LogP contribution in [0.1, 0.15) is 36.0 Å². The van der Waals surface area contributed by atoms with Gasteiger partial charge in [0, 0.05) is 24.7 Å². The van der Waals surface area contributed by atoms with Gasteiger partial charge in [0.15, 0.2) is 0 Å². The third kappa shape index (κ3) is 5.17. The van der Waals surface area contributed by atoms with Crippen LogP contribution in [0.3, 0.4) is 0 Å². The molecule has 8 heteroatoms. The van der Waals surface area contributed by atoms with Gasteiger partial charge < -0.3 is 10.2 Å². The molecule has 1 heterocycles. The minimum atomic E-state index is -3.46. The Kier molecular flexibility index (Phi) is 6.85. The highest BCUT2D eigenvalue weighted by atomic mass is 35.5. The van der Waals surface area contributed by atoms with Crippen LogP contribution in [-0.4, -0.2) is 51.9 Å². The first-order valence-electron chi connectivity index (χ1n) is 8.56. The van der Waals surface area contributed by atoms with E-state index >= 15 is 0 Å². The van der Waals surface area contributed by atoms with Crippen LogP contribution in [0, 0.1) is 5.92 Å². The lowest BCUT2D eigenvalue weighted by atomic mass is 9.96. The fraction of sp³-hybridized carbons (Fsp3) is 0.588. The van der Waals surface area contributed by atoms with E-state index in [0.29, 0.717) is 11.5 Å². The molecule has 1 aromatic carbocycles. The number of sulfonamides is 1. The summed E-state index contributed by atoms with van der Waals surface area (Å²) in [5.74, 6) is 0.608. The second kappa shape index (κ2) is 8.49. The Labute approximate surface area is 155 Å². The Balaban J connectivity index is 0.00000225. The Morgan fingerprint density at radius 3 is 2.24 bits per heavy atom. The van der Waals surface area contributed by atoms with Crippen LogP contribution in [0.2, 0.25) is 0 Å². The summed E-state index contributed by atoms with van der Waals surface area (Å²) < 4.78 is 26.9. The normalized spacial score (nSPS) is 18.7. The second-order valence-electron chi connectivity index (χ2n) is 6.71. The minimum Gasteiger partial charge on any atom is -0.339 e. The van der Waals surface area contributed by atoms with Gasteiger partial charge in [0.05, 0.1) is 4.90 Å². The average Bonchev–Trinajstić information content (AvgIpc) is 3.39. The zero-order chi connectivity index (χ0) is 17.2. The van der Waals surface area contributed by atoms with Crippen LogP contribution in [0.4, 0.5) is 0 Å². The fourth-order valence-corrected chi connectivity index (χ4v) is 4.38. The second-order valence-corrected chi connectivity index (χ2v) is 8.43. The van der Waals surface area contributed by atoms with Gasteiger partial charge in [0.1, 0.15) is 0 Å². The number of nitrogens with one attached hydrogen (secondary N) is 2.